The highest BCUT2D eigenvalue weighted by atomic mass is 32.1. The van der Waals surface area contributed by atoms with Crippen molar-refractivity contribution in [3.63, 3.8) is 0 Å². The third-order valence-electron chi connectivity index (χ3n) is 5.00. The first-order valence-corrected chi connectivity index (χ1v) is 10.6. The van der Waals surface area contributed by atoms with E-state index in [9.17, 15) is 4.79 Å². The fourth-order valence-corrected chi connectivity index (χ4v) is 3.98. The van der Waals surface area contributed by atoms with Crippen molar-refractivity contribution in [2.75, 3.05) is 13.1 Å². The Morgan fingerprint density at radius 3 is 2.60 bits per heavy atom. The molecule has 0 spiro atoms. The van der Waals surface area contributed by atoms with Gasteiger partial charge in [0, 0.05) is 11.1 Å². The third kappa shape index (κ3) is 3.97. The number of ether oxygens (including phenoxy) is 1. The minimum absolute atomic E-state index is 0.0251. The van der Waals surface area contributed by atoms with Crippen molar-refractivity contribution < 1.29 is 14.1 Å². The van der Waals surface area contributed by atoms with E-state index in [0.717, 1.165) is 22.4 Å². The van der Waals surface area contributed by atoms with Gasteiger partial charge in [0.25, 0.3) is 5.89 Å². The average molecular weight is 417 g/mol. The van der Waals surface area contributed by atoms with Crippen molar-refractivity contribution in [2.45, 2.75) is 12.5 Å². The zero-order valence-electron chi connectivity index (χ0n) is 16.1. The summed E-state index contributed by atoms with van der Waals surface area (Å²) in [6, 6.07) is 19.3. The number of carbonyl (C=O) groups excluding carboxylic acids is 1. The normalized spacial score (nSPS) is 13.8. The second-order valence-electron chi connectivity index (χ2n) is 7.16. The van der Waals surface area contributed by atoms with E-state index in [-0.39, 0.29) is 12.0 Å². The van der Waals surface area contributed by atoms with Crippen LogP contribution in [0.25, 0.3) is 22.8 Å². The van der Waals surface area contributed by atoms with E-state index >= 15 is 0 Å². The molecule has 0 atom stereocenters. The summed E-state index contributed by atoms with van der Waals surface area (Å²) in [5, 5.41) is 8.08. The predicted molar refractivity (Wildman–Crippen MR) is 114 cm³/mol. The molecule has 0 N–H and O–H groups in total. The van der Waals surface area contributed by atoms with Gasteiger partial charge in [-0.15, -0.1) is 0 Å². The van der Waals surface area contributed by atoms with E-state index < -0.39 is 0 Å². The number of rotatable bonds is 6. The van der Waals surface area contributed by atoms with Crippen molar-refractivity contribution in [1.82, 2.24) is 15.0 Å². The summed E-state index contributed by atoms with van der Waals surface area (Å²) in [6.45, 7) is 1.24. The van der Waals surface area contributed by atoms with E-state index in [1.807, 2.05) is 76.3 Å². The summed E-state index contributed by atoms with van der Waals surface area (Å²) in [7, 11) is 0. The van der Waals surface area contributed by atoms with Crippen LogP contribution < -0.4 is 4.74 Å². The molecule has 1 aliphatic rings. The van der Waals surface area contributed by atoms with E-state index in [0.29, 0.717) is 31.2 Å². The Balaban J connectivity index is 1.16. The summed E-state index contributed by atoms with van der Waals surface area (Å²) in [5.41, 5.74) is 2.82. The summed E-state index contributed by atoms with van der Waals surface area (Å²) in [5.74, 6) is 1.94. The second-order valence-corrected chi connectivity index (χ2v) is 7.94. The van der Waals surface area contributed by atoms with Gasteiger partial charge in [-0.2, -0.15) is 16.3 Å². The molecule has 2 aromatic heterocycles. The Morgan fingerprint density at radius 1 is 1.07 bits per heavy atom. The maximum absolute atomic E-state index is 12.2. The number of likely N-dealkylation sites (tertiary alicyclic amines) is 1. The van der Waals surface area contributed by atoms with Crippen molar-refractivity contribution in [3.8, 4) is 28.6 Å². The maximum atomic E-state index is 12.2. The van der Waals surface area contributed by atoms with Gasteiger partial charge >= 0.3 is 0 Å². The SMILES string of the molecule is O=C(Cc1ccsc1)N1CC(Oc2ccc(-c3noc(-c4ccccc4)n3)cc2)C1. The zero-order valence-corrected chi connectivity index (χ0v) is 16.9. The van der Waals surface area contributed by atoms with Crippen LogP contribution in [0, 0.1) is 0 Å². The molecule has 1 fully saturated rings. The van der Waals surface area contributed by atoms with Gasteiger partial charge in [-0.1, -0.05) is 23.4 Å². The number of hydrogen-bond donors (Lipinski definition) is 0. The van der Waals surface area contributed by atoms with Crippen molar-refractivity contribution in [3.05, 3.63) is 77.0 Å². The molecule has 150 valence electrons. The van der Waals surface area contributed by atoms with Gasteiger partial charge < -0.3 is 14.2 Å². The third-order valence-corrected chi connectivity index (χ3v) is 5.73. The Hall–Kier alpha value is -3.45. The Kier molecular flexibility index (Phi) is 5.03. The lowest BCUT2D eigenvalue weighted by Gasteiger charge is -2.39. The lowest BCUT2D eigenvalue weighted by atomic mass is 10.1. The maximum Gasteiger partial charge on any atom is 0.258 e. The number of amides is 1. The lowest BCUT2D eigenvalue weighted by Crippen LogP contribution is -2.56. The van der Waals surface area contributed by atoms with Crippen molar-refractivity contribution in [2.24, 2.45) is 0 Å². The van der Waals surface area contributed by atoms with E-state index in [1.54, 1.807) is 11.3 Å². The van der Waals surface area contributed by atoms with Crippen LogP contribution in [0.2, 0.25) is 0 Å². The number of thiophene rings is 1. The van der Waals surface area contributed by atoms with Crippen LogP contribution in [0.5, 0.6) is 5.75 Å². The van der Waals surface area contributed by atoms with Gasteiger partial charge in [-0.25, -0.2) is 0 Å². The van der Waals surface area contributed by atoms with Gasteiger partial charge in [0.2, 0.25) is 11.7 Å². The van der Waals surface area contributed by atoms with Gasteiger partial charge in [-0.3, -0.25) is 4.79 Å². The highest BCUT2D eigenvalue weighted by molar-refractivity contribution is 7.08. The molecule has 4 aromatic rings. The van der Waals surface area contributed by atoms with Gasteiger partial charge in [0.1, 0.15) is 11.9 Å². The molecule has 0 aliphatic carbocycles. The lowest BCUT2D eigenvalue weighted by molar-refractivity contribution is -0.139. The molecular formula is C23H19N3O3S. The Bertz CT molecular complexity index is 1120. The number of carbonyl (C=O) groups is 1. The molecule has 5 rings (SSSR count). The van der Waals surface area contributed by atoms with Crippen LogP contribution in [-0.2, 0) is 11.2 Å². The van der Waals surface area contributed by atoms with Gasteiger partial charge in [0.05, 0.1) is 19.5 Å². The number of nitrogens with zero attached hydrogens (tertiary/aromatic N) is 3. The minimum Gasteiger partial charge on any atom is -0.487 e. The zero-order chi connectivity index (χ0) is 20.3. The standard InChI is InChI=1S/C23H19N3O3S/c27-21(12-16-10-11-30-15-16)26-13-20(14-26)28-19-8-6-17(7-9-19)22-24-23(29-25-22)18-4-2-1-3-5-18/h1-11,15,20H,12-14H2. The first-order chi connectivity index (χ1) is 14.7. The molecule has 7 heteroatoms. The van der Waals surface area contributed by atoms with Crippen molar-refractivity contribution in [1.29, 1.82) is 0 Å². The summed E-state index contributed by atoms with van der Waals surface area (Å²) in [4.78, 5) is 18.5. The summed E-state index contributed by atoms with van der Waals surface area (Å²) < 4.78 is 11.3. The largest absolute Gasteiger partial charge is 0.487 e. The monoisotopic (exact) mass is 417 g/mol. The van der Waals surface area contributed by atoms with Crippen LogP contribution in [0.4, 0.5) is 0 Å². The minimum atomic E-state index is 0.0251. The van der Waals surface area contributed by atoms with Gasteiger partial charge in [0.15, 0.2) is 0 Å². The molecule has 1 saturated heterocycles. The highest BCUT2D eigenvalue weighted by Crippen LogP contribution is 2.25. The van der Waals surface area contributed by atoms with Crippen LogP contribution in [-0.4, -0.2) is 40.1 Å². The topological polar surface area (TPSA) is 68.5 Å². The molecule has 1 amide bonds. The molecule has 30 heavy (non-hydrogen) atoms. The van der Waals surface area contributed by atoms with Gasteiger partial charge in [-0.05, 0) is 58.8 Å². The first kappa shape index (κ1) is 18.6. The van der Waals surface area contributed by atoms with Crippen LogP contribution >= 0.6 is 11.3 Å². The van der Waals surface area contributed by atoms with Crippen LogP contribution in [0.3, 0.4) is 0 Å². The Labute approximate surface area is 177 Å². The molecule has 0 bridgehead atoms. The van der Waals surface area contributed by atoms with Crippen LogP contribution in [0.1, 0.15) is 5.56 Å². The second kappa shape index (κ2) is 8.12. The molecular weight excluding hydrogens is 398 g/mol. The predicted octanol–water partition coefficient (Wildman–Crippen LogP) is 4.30. The fourth-order valence-electron chi connectivity index (χ4n) is 3.31. The smallest absolute Gasteiger partial charge is 0.258 e. The average Bonchev–Trinajstić information content (AvgIpc) is 3.44. The van der Waals surface area contributed by atoms with Crippen molar-refractivity contribution >= 4 is 17.2 Å². The Morgan fingerprint density at radius 2 is 1.87 bits per heavy atom. The van der Waals surface area contributed by atoms with E-state index in [4.69, 9.17) is 9.26 Å². The molecule has 2 aromatic carbocycles. The number of aromatic nitrogens is 2. The first-order valence-electron chi connectivity index (χ1n) is 9.70. The van der Waals surface area contributed by atoms with E-state index in [1.165, 1.54) is 0 Å². The molecule has 6 nitrogen and oxygen atoms in total. The molecule has 3 heterocycles. The van der Waals surface area contributed by atoms with Crippen LogP contribution in [0.15, 0.2) is 75.9 Å². The molecule has 1 aliphatic heterocycles. The molecule has 0 saturated carbocycles. The summed E-state index contributed by atoms with van der Waals surface area (Å²) >= 11 is 1.61. The number of hydrogen-bond acceptors (Lipinski definition) is 6. The number of benzene rings is 2. The van der Waals surface area contributed by atoms with E-state index in [2.05, 4.69) is 10.1 Å². The molecule has 0 radical (unpaired) electrons. The highest BCUT2D eigenvalue weighted by Gasteiger charge is 2.32. The quantitative estimate of drug-likeness (QED) is 0.468. The molecule has 0 unspecified atom stereocenters. The summed E-state index contributed by atoms with van der Waals surface area (Å²) in [6.07, 6.45) is 0.484. The fraction of sp³-hybridized carbons (Fsp3) is 0.174.